The van der Waals surface area contributed by atoms with E-state index >= 15 is 0 Å². The molecule has 2 aliphatic heterocycles. The number of nitrogens with one attached hydrogen (secondary N) is 1. The number of hydrogen-bond donors (Lipinski definition) is 2. The van der Waals surface area contributed by atoms with Crippen LogP contribution in [0.1, 0.15) is 78.3 Å². The molecule has 190 valence electrons. The van der Waals surface area contributed by atoms with Gasteiger partial charge < -0.3 is 14.8 Å². The lowest BCUT2D eigenvalue weighted by molar-refractivity contribution is -0.186. The largest absolute Gasteiger partial charge is 0.380 e. The van der Waals surface area contributed by atoms with E-state index < -0.39 is 11.5 Å². The molecule has 2 saturated carbocycles. The van der Waals surface area contributed by atoms with Crippen LogP contribution in [0.3, 0.4) is 0 Å². The molecule has 4 aliphatic rings. The number of aromatic nitrogens is 1. The molecule has 1 aromatic heterocycles. The smallest absolute Gasteiger partial charge is 0.249 e. The number of benzene rings is 2. The number of piperidine rings is 1. The lowest BCUT2D eigenvalue weighted by Crippen LogP contribution is -2.53. The number of aliphatic hydroxyl groups is 1. The Hall–Kier alpha value is -2.28. The Bertz CT molecular complexity index is 1300. The van der Waals surface area contributed by atoms with Crippen LogP contribution in [0.15, 0.2) is 42.6 Å². The molecule has 0 radical (unpaired) electrons. The van der Waals surface area contributed by atoms with Crippen molar-refractivity contribution in [1.29, 1.82) is 0 Å². The summed E-state index contributed by atoms with van der Waals surface area (Å²) in [6, 6.07) is 12.8. The Morgan fingerprint density at radius 3 is 2.50 bits per heavy atom. The van der Waals surface area contributed by atoms with Gasteiger partial charge >= 0.3 is 0 Å². The lowest BCUT2D eigenvalue weighted by atomic mass is 9.59. The van der Waals surface area contributed by atoms with Crippen LogP contribution in [0.5, 0.6) is 0 Å². The zero-order chi connectivity index (χ0) is 24.7. The summed E-state index contributed by atoms with van der Waals surface area (Å²) in [7, 11) is 0. The maximum absolute atomic E-state index is 14.0. The fraction of sp³-hybridized carbons (Fsp3) is 0.533. The Morgan fingerprint density at radius 1 is 1.11 bits per heavy atom. The van der Waals surface area contributed by atoms with Crippen LogP contribution in [0.25, 0.3) is 10.9 Å². The minimum absolute atomic E-state index is 0.0133. The summed E-state index contributed by atoms with van der Waals surface area (Å²) in [5, 5.41) is 12.0. The third-order valence-corrected chi connectivity index (χ3v) is 9.34. The van der Waals surface area contributed by atoms with Gasteiger partial charge in [-0.2, -0.15) is 0 Å². The van der Waals surface area contributed by atoms with E-state index in [2.05, 4.69) is 41.1 Å². The fourth-order valence-electron chi connectivity index (χ4n) is 7.17. The molecule has 3 heterocycles. The molecule has 0 unspecified atom stereocenters. The molecule has 1 spiro atoms. The standard InChI is InChI=1S/C30H34F2N2O2/c1-19-12-24(20-2-3-20)25(23-8-10-33-27(19)23)14-34-11-9-28(15-30(31,32)16-28)13-26(34)21-4-6-22(7-5-21)29(35)17-36-18-29/h4-8,10,12,20,26,33,35H,2-3,9,11,13-18H2,1H3/t26-/m0/s1. The zero-order valence-electron chi connectivity index (χ0n) is 20.8. The number of aromatic amines is 1. The molecule has 0 amide bonds. The molecule has 0 bridgehead atoms. The van der Waals surface area contributed by atoms with Crippen LogP contribution in [0.4, 0.5) is 8.78 Å². The van der Waals surface area contributed by atoms with Gasteiger partial charge in [0.05, 0.1) is 13.2 Å². The first-order valence-corrected chi connectivity index (χ1v) is 13.4. The number of H-pyrrole nitrogens is 1. The number of alkyl halides is 2. The van der Waals surface area contributed by atoms with E-state index in [4.69, 9.17) is 4.74 Å². The number of halogens is 2. The topological polar surface area (TPSA) is 48.5 Å². The van der Waals surface area contributed by atoms with Gasteiger partial charge in [0.15, 0.2) is 0 Å². The third-order valence-electron chi connectivity index (χ3n) is 9.34. The highest BCUT2D eigenvalue weighted by Crippen LogP contribution is 2.60. The highest BCUT2D eigenvalue weighted by molar-refractivity contribution is 5.87. The highest BCUT2D eigenvalue weighted by atomic mass is 19.3. The van der Waals surface area contributed by atoms with Crippen molar-refractivity contribution in [2.24, 2.45) is 5.41 Å². The van der Waals surface area contributed by atoms with E-state index in [0.717, 1.165) is 37.1 Å². The monoisotopic (exact) mass is 492 g/mol. The number of hydrogen-bond acceptors (Lipinski definition) is 3. The van der Waals surface area contributed by atoms with Crippen LogP contribution in [0.2, 0.25) is 0 Å². The van der Waals surface area contributed by atoms with Gasteiger partial charge in [-0.1, -0.05) is 30.3 Å². The maximum atomic E-state index is 14.0. The summed E-state index contributed by atoms with van der Waals surface area (Å²) in [6.07, 6.45) is 6.14. The first-order chi connectivity index (χ1) is 17.2. The van der Waals surface area contributed by atoms with Gasteiger partial charge in [0, 0.05) is 42.5 Å². The van der Waals surface area contributed by atoms with E-state index in [1.54, 1.807) is 0 Å². The summed E-state index contributed by atoms with van der Waals surface area (Å²) >= 11 is 0. The third kappa shape index (κ3) is 3.72. The summed E-state index contributed by atoms with van der Waals surface area (Å²) in [4.78, 5) is 5.96. The van der Waals surface area contributed by atoms with Gasteiger partial charge in [-0.05, 0) is 84.4 Å². The van der Waals surface area contributed by atoms with Crippen molar-refractivity contribution in [2.45, 2.75) is 75.5 Å². The Kier molecular flexibility index (Phi) is 5.00. The summed E-state index contributed by atoms with van der Waals surface area (Å²) in [6.45, 7) is 4.48. The second-order valence-corrected chi connectivity index (χ2v) is 12.1. The molecule has 1 atom stereocenters. The number of likely N-dealkylation sites (tertiary alicyclic amines) is 1. The molecule has 6 heteroatoms. The molecule has 4 nitrogen and oxygen atoms in total. The molecule has 2 N–H and O–H groups in total. The van der Waals surface area contributed by atoms with Crippen LogP contribution in [-0.4, -0.2) is 40.7 Å². The van der Waals surface area contributed by atoms with Crippen molar-refractivity contribution < 1.29 is 18.6 Å². The quantitative estimate of drug-likeness (QED) is 0.438. The maximum Gasteiger partial charge on any atom is 0.249 e. The molecule has 36 heavy (non-hydrogen) atoms. The zero-order valence-corrected chi connectivity index (χ0v) is 20.8. The van der Waals surface area contributed by atoms with Gasteiger partial charge in [0.1, 0.15) is 5.60 Å². The van der Waals surface area contributed by atoms with Crippen molar-refractivity contribution in [3.05, 3.63) is 70.4 Å². The minimum atomic E-state index is -2.52. The molecule has 2 aliphatic carbocycles. The van der Waals surface area contributed by atoms with Gasteiger partial charge in [-0.25, -0.2) is 8.78 Å². The molecule has 7 rings (SSSR count). The van der Waals surface area contributed by atoms with Crippen LogP contribution in [0, 0.1) is 12.3 Å². The Balaban J connectivity index is 1.24. The van der Waals surface area contributed by atoms with Crippen molar-refractivity contribution in [3.63, 3.8) is 0 Å². The molecule has 2 aromatic carbocycles. The lowest BCUT2D eigenvalue weighted by Gasteiger charge is -2.55. The average molecular weight is 493 g/mol. The Morgan fingerprint density at radius 2 is 1.86 bits per heavy atom. The van der Waals surface area contributed by atoms with E-state index in [0.29, 0.717) is 19.1 Å². The SMILES string of the molecule is Cc1cc(C2CC2)c(CN2CCC3(C[C@H]2c2ccc(C4(O)COC4)cc2)CC(F)(F)C3)c2cc[nH]c12. The van der Waals surface area contributed by atoms with Crippen LogP contribution in [-0.2, 0) is 16.9 Å². The average Bonchev–Trinajstić information content (AvgIpc) is 3.54. The molecular weight excluding hydrogens is 458 g/mol. The van der Waals surface area contributed by atoms with Crippen molar-refractivity contribution in [3.8, 4) is 0 Å². The van der Waals surface area contributed by atoms with Gasteiger partial charge in [0.2, 0.25) is 5.92 Å². The van der Waals surface area contributed by atoms with E-state index in [9.17, 15) is 13.9 Å². The molecule has 3 aromatic rings. The predicted octanol–water partition coefficient (Wildman–Crippen LogP) is 6.32. The van der Waals surface area contributed by atoms with E-state index in [1.807, 2.05) is 18.3 Å². The van der Waals surface area contributed by atoms with Crippen molar-refractivity contribution in [1.82, 2.24) is 9.88 Å². The number of aryl methyl sites for hydroxylation is 1. The van der Waals surface area contributed by atoms with Gasteiger partial charge in [-0.3, -0.25) is 4.90 Å². The van der Waals surface area contributed by atoms with Gasteiger partial charge in [0.25, 0.3) is 0 Å². The van der Waals surface area contributed by atoms with E-state index in [1.165, 1.54) is 40.4 Å². The summed E-state index contributed by atoms with van der Waals surface area (Å²) < 4.78 is 33.3. The minimum Gasteiger partial charge on any atom is -0.380 e. The van der Waals surface area contributed by atoms with Crippen molar-refractivity contribution in [2.75, 3.05) is 19.8 Å². The number of fused-ring (bicyclic) bond motifs is 1. The highest BCUT2D eigenvalue weighted by Gasteiger charge is 2.58. The molecule has 4 fully saturated rings. The summed E-state index contributed by atoms with van der Waals surface area (Å²) in [5.74, 6) is -1.88. The van der Waals surface area contributed by atoms with Crippen molar-refractivity contribution >= 4 is 10.9 Å². The number of ether oxygens (including phenoxy) is 1. The van der Waals surface area contributed by atoms with Crippen LogP contribution < -0.4 is 0 Å². The predicted molar refractivity (Wildman–Crippen MR) is 135 cm³/mol. The fourth-order valence-corrected chi connectivity index (χ4v) is 7.17. The van der Waals surface area contributed by atoms with Gasteiger partial charge in [-0.15, -0.1) is 0 Å². The molecule has 2 saturated heterocycles. The normalized spacial score (nSPS) is 26.6. The molecular formula is C30H34F2N2O2. The second kappa shape index (κ2) is 7.86. The Labute approximate surface area is 210 Å². The van der Waals surface area contributed by atoms with E-state index in [-0.39, 0.29) is 24.3 Å². The number of rotatable bonds is 5. The first kappa shape index (κ1) is 22.9. The summed E-state index contributed by atoms with van der Waals surface area (Å²) in [5.41, 5.74) is 6.23. The number of nitrogens with zero attached hydrogens (tertiary/aromatic N) is 1. The van der Waals surface area contributed by atoms with Crippen LogP contribution >= 0.6 is 0 Å². The first-order valence-electron chi connectivity index (χ1n) is 13.4. The second-order valence-electron chi connectivity index (χ2n) is 12.1.